The van der Waals surface area contributed by atoms with Crippen molar-refractivity contribution in [3.63, 3.8) is 0 Å². The van der Waals surface area contributed by atoms with E-state index in [0.717, 1.165) is 18.4 Å². The smallest absolute Gasteiger partial charge is 0.154 e. The van der Waals surface area contributed by atoms with Gasteiger partial charge in [-0.1, -0.05) is 22.4 Å². The standard InChI is InChI=1S/C14H19BrO4S/c1-18-10-6-7-12(19-2)11(9-10)14(15)13-5-3-4-8-20(13,16)17/h6-7,9,13-14H,3-5,8H2,1-2H3. The van der Waals surface area contributed by atoms with Gasteiger partial charge < -0.3 is 9.47 Å². The SMILES string of the molecule is COc1ccc(OC)c(C(Br)C2CCCCS2(=O)=O)c1. The summed E-state index contributed by atoms with van der Waals surface area (Å²) in [6, 6.07) is 5.44. The number of benzene rings is 1. The molecule has 0 aliphatic carbocycles. The van der Waals surface area contributed by atoms with Crippen LogP contribution in [0.15, 0.2) is 18.2 Å². The van der Waals surface area contributed by atoms with E-state index in [4.69, 9.17) is 9.47 Å². The number of rotatable bonds is 4. The largest absolute Gasteiger partial charge is 0.497 e. The minimum absolute atomic E-state index is 0.270. The lowest BCUT2D eigenvalue weighted by molar-refractivity contribution is 0.397. The van der Waals surface area contributed by atoms with E-state index >= 15 is 0 Å². The Labute approximate surface area is 128 Å². The second-order valence-corrected chi connectivity index (χ2v) is 8.24. The van der Waals surface area contributed by atoms with Gasteiger partial charge in [-0.05, 0) is 31.0 Å². The Kier molecular flexibility index (Phi) is 4.96. The van der Waals surface area contributed by atoms with E-state index in [9.17, 15) is 8.42 Å². The van der Waals surface area contributed by atoms with Crippen LogP contribution in [0.2, 0.25) is 0 Å². The maximum atomic E-state index is 12.2. The first-order valence-electron chi connectivity index (χ1n) is 6.57. The van der Waals surface area contributed by atoms with Gasteiger partial charge in [0.15, 0.2) is 9.84 Å². The van der Waals surface area contributed by atoms with Gasteiger partial charge in [0.1, 0.15) is 11.5 Å². The highest BCUT2D eigenvalue weighted by molar-refractivity contribution is 9.09. The van der Waals surface area contributed by atoms with E-state index in [1.807, 2.05) is 6.07 Å². The van der Waals surface area contributed by atoms with E-state index < -0.39 is 15.1 Å². The monoisotopic (exact) mass is 362 g/mol. The number of methoxy groups -OCH3 is 2. The van der Waals surface area contributed by atoms with Crippen LogP contribution >= 0.6 is 15.9 Å². The second-order valence-electron chi connectivity index (χ2n) is 4.91. The van der Waals surface area contributed by atoms with Crippen LogP contribution in [0.25, 0.3) is 0 Å². The van der Waals surface area contributed by atoms with Crippen molar-refractivity contribution in [2.24, 2.45) is 0 Å². The zero-order chi connectivity index (χ0) is 14.8. The molecule has 0 aromatic heterocycles. The van der Waals surface area contributed by atoms with Crippen LogP contribution < -0.4 is 9.47 Å². The first-order valence-corrected chi connectivity index (χ1v) is 9.20. The molecule has 112 valence electrons. The van der Waals surface area contributed by atoms with E-state index in [1.54, 1.807) is 26.4 Å². The Hall–Kier alpha value is -0.750. The molecule has 1 aromatic rings. The molecule has 20 heavy (non-hydrogen) atoms. The predicted molar refractivity (Wildman–Crippen MR) is 82.6 cm³/mol. The highest BCUT2D eigenvalue weighted by Crippen LogP contribution is 2.41. The van der Waals surface area contributed by atoms with Gasteiger partial charge in [0.2, 0.25) is 0 Å². The number of halogens is 1. The van der Waals surface area contributed by atoms with Gasteiger partial charge in [0.05, 0.1) is 30.0 Å². The van der Waals surface area contributed by atoms with Gasteiger partial charge in [-0.3, -0.25) is 0 Å². The fourth-order valence-corrected chi connectivity index (χ4v) is 6.12. The van der Waals surface area contributed by atoms with Crippen molar-refractivity contribution < 1.29 is 17.9 Å². The molecule has 0 bridgehead atoms. The Balaban J connectivity index is 2.38. The number of sulfone groups is 1. The Bertz CT molecular complexity index is 571. The molecule has 2 rings (SSSR count). The predicted octanol–water partition coefficient (Wildman–Crippen LogP) is 3.11. The molecule has 0 amide bonds. The number of hydrogen-bond donors (Lipinski definition) is 0. The zero-order valence-corrected chi connectivity index (χ0v) is 14.0. The van der Waals surface area contributed by atoms with Gasteiger partial charge in [0, 0.05) is 5.56 Å². The molecule has 0 spiro atoms. The molecular weight excluding hydrogens is 344 g/mol. The number of ether oxygens (including phenoxy) is 2. The maximum absolute atomic E-state index is 12.2. The number of alkyl halides is 1. The van der Waals surface area contributed by atoms with Gasteiger partial charge >= 0.3 is 0 Å². The molecule has 1 aliphatic heterocycles. The number of hydrogen-bond acceptors (Lipinski definition) is 4. The summed E-state index contributed by atoms with van der Waals surface area (Å²) in [6.45, 7) is 0. The average Bonchev–Trinajstić information content (AvgIpc) is 2.45. The molecule has 1 saturated heterocycles. The molecule has 1 aliphatic rings. The van der Waals surface area contributed by atoms with Crippen molar-refractivity contribution in [1.82, 2.24) is 0 Å². The van der Waals surface area contributed by atoms with Gasteiger partial charge in [-0.15, -0.1) is 0 Å². The summed E-state index contributed by atoms with van der Waals surface area (Å²) in [4.78, 5) is -0.280. The molecular formula is C14H19BrO4S. The lowest BCUT2D eigenvalue weighted by atomic mass is 10.0. The highest BCUT2D eigenvalue weighted by atomic mass is 79.9. The minimum atomic E-state index is -3.06. The molecule has 2 atom stereocenters. The second kappa shape index (κ2) is 6.35. The van der Waals surface area contributed by atoms with E-state index in [0.29, 0.717) is 17.9 Å². The summed E-state index contributed by atoms with van der Waals surface area (Å²) >= 11 is 3.56. The van der Waals surface area contributed by atoms with Crippen LogP contribution in [-0.4, -0.2) is 33.6 Å². The third-order valence-electron chi connectivity index (χ3n) is 3.69. The van der Waals surface area contributed by atoms with Gasteiger partial charge in [0.25, 0.3) is 0 Å². The van der Waals surface area contributed by atoms with Crippen LogP contribution in [0.1, 0.15) is 29.7 Å². The quantitative estimate of drug-likeness (QED) is 0.772. The lowest BCUT2D eigenvalue weighted by Crippen LogP contribution is -2.31. The highest BCUT2D eigenvalue weighted by Gasteiger charge is 2.36. The Morgan fingerprint density at radius 1 is 1.25 bits per heavy atom. The third kappa shape index (κ3) is 3.11. The van der Waals surface area contributed by atoms with Gasteiger partial charge in [-0.2, -0.15) is 0 Å². The summed E-state index contributed by atoms with van der Waals surface area (Å²) in [7, 11) is 0.114. The zero-order valence-electron chi connectivity index (χ0n) is 11.6. The molecule has 1 aromatic carbocycles. The van der Waals surface area contributed by atoms with Crippen LogP contribution in [0, 0.1) is 0 Å². The van der Waals surface area contributed by atoms with Crippen LogP contribution in [0.3, 0.4) is 0 Å². The maximum Gasteiger partial charge on any atom is 0.154 e. The molecule has 0 radical (unpaired) electrons. The van der Waals surface area contributed by atoms with Crippen LogP contribution in [-0.2, 0) is 9.84 Å². The summed E-state index contributed by atoms with van der Waals surface area (Å²) < 4.78 is 35.1. The first kappa shape index (κ1) is 15.6. The first-order chi connectivity index (χ1) is 9.49. The topological polar surface area (TPSA) is 52.6 Å². The van der Waals surface area contributed by atoms with Gasteiger partial charge in [-0.25, -0.2) is 8.42 Å². The third-order valence-corrected chi connectivity index (χ3v) is 7.46. The summed E-state index contributed by atoms with van der Waals surface area (Å²) in [5.74, 6) is 1.64. The Morgan fingerprint density at radius 2 is 2.00 bits per heavy atom. The van der Waals surface area contributed by atoms with Crippen LogP contribution in [0.5, 0.6) is 11.5 Å². The minimum Gasteiger partial charge on any atom is -0.497 e. The van der Waals surface area contributed by atoms with Crippen molar-refractivity contribution in [1.29, 1.82) is 0 Å². The average molecular weight is 363 g/mol. The Morgan fingerprint density at radius 3 is 2.60 bits per heavy atom. The van der Waals surface area contributed by atoms with E-state index in [2.05, 4.69) is 15.9 Å². The fourth-order valence-electron chi connectivity index (χ4n) is 2.56. The van der Waals surface area contributed by atoms with Crippen molar-refractivity contribution in [2.75, 3.05) is 20.0 Å². The van der Waals surface area contributed by atoms with Crippen LogP contribution in [0.4, 0.5) is 0 Å². The van der Waals surface area contributed by atoms with Crippen molar-refractivity contribution in [3.05, 3.63) is 23.8 Å². The molecule has 2 unspecified atom stereocenters. The molecule has 1 heterocycles. The summed E-state index contributed by atoms with van der Waals surface area (Å²) in [6.07, 6.45) is 2.38. The molecule has 0 N–H and O–H groups in total. The molecule has 6 heteroatoms. The van der Waals surface area contributed by atoms with Crippen molar-refractivity contribution in [3.8, 4) is 11.5 Å². The lowest BCUT2D eigenvalue weighted by Gasteiger charge is -2.27. The van der Waals surface area contributed by atoms with E-state index in [1.165, 1.54) is 0 Å². The summed E-state index contributed by atoms with van der Waals surface area (Å²) in [5, 5.41) is -0.405. The molecule has 1 fully saturated rings. The summed E-state index contributed by atoms with van der Waals surface area (Å²) in [5.41, 5.74) is 0.822. The fraction of sp³-hybridized carbons (Fsp3) is 0.571. The molecule has 4 nitrogen and oxygen atoms in total. The van der Waals surface area contributed by atoms with Crippen molar-refractivity contribution in [2.45, 2.75) is 29.3 Å². The van der Waals surface area contributed by atoms with Crippen molar-refractivity contribution >= 4 is 25.8 Å². The normalized spacial score (nSPS) is 23.1. The van der Waals surface area contributed by atoms with E-state index in [-0.39, 0.29) is 10.6 Å². The molecule has 0 saturated carbocycles.